The minimum atomic E-state index is -0.166. The van der Waals surface area contributed by atoms with Crippen LogP contribution in [0.5, 0.6) is 28.7 Å². The third kappa shape index (κ3) is 7.34. The van der Waals surface area contributed by atoms with Gasteiger partial charge in [-0.05, 0) is 32.8 Å². The van der Waals surface area contributed by atoms with E-state index in [-0.39, 0.29) is 36.6 Å². The Morgan fingerprint density at radius 1 is 0.812 bits per heavy atom. The molecule has 0 radical (unpaired) electrons. The Morgan fingerprint density at radius 2 is 1.34 bits per heavy atom. The van der Waals surface area contributed by atoms with E-state index in [9.17, 15) is 4.79 Å². The predicted molar refractivity (Wildman–Crippen MR) is 124 cm³/mol. The molecule has 0 saturated heterocycles. The summed E-state index contributed by atoms with van der Waals surface area (Å²) < 4.78 is 28.2. The molecule has 0 saturated carbocycles. The summed E-state index contributed by atoms with van der Waals surface area (Å²) in [6.07, 6.45) is 1.85. The van der Waals surface area contributed by atoms with Gasteiger partial charge in [0.25, 0.3) is 0 Å². The molecule has 0 aliphatic heterocycles. The summed E-state index contributed by atoms with van der Waals surface area (Å²) in [5, 5.41) is 0.752. The molecule has 0 heterocycles. The van der Waals surface area contributed by atoms with Gasteiger partial charge in [-0.15, -0.1) is 0 Å². The second-order valence-electron chi connectivity index (χ2n) is 7.13. The van der Waals surface area contributed by atoms with E-state index in [1.807, 2.05) is 32.0 Å². The first-order valence-electron chi connectivity index (χ1n) is 10.4. The van der Waals surface area contributed by atoms with Gasteiger partial charge in [-0.3, -0.25) is 0 Å². The molecule has 2 rings (SSSR count). The van der Waals surface area contributed by atoms with E-state index in [4.69, 9.17) is 23.7 Å². The second-order valence-corrected chi connectivity index (χ2v) is 8.24. The van der Waals surface area contributed by atoms with E-state index in [0.29, 0.717) is 37.1 Å². The van der Waals surface area contributed by atoms with E-state index in [0.717, 1.165) is 23.9 Å². The van der Waals surface area contributed by atoms with Gasteiger partial charge in [-0.25, -0.2) is 0 Å². The molecule has 8 heteroatoms. The van der Waals surface area contributed by atoms with Gasteiger partial charge in [0.1, 0.15) is 23.0 Å². The Bertz CT molecular complexity index is 864. The number of methoxy groups -OCH3 is 3. The number of benzene rings is 2. The van der Waals surface area contributed by atoms with Crippen LogP contribution in [-0.2, 0) is 0 Å². The molecular formula is C24H32LiO6P. The quantitative estimate of drug-likeness (QED) is 0.363. The zero-order valence-electron chi connectivity index (χ0n) is 20.4. The maximum atomic E-state index is 13.3. The summed E-state index contributed by atoms with van der Waals surface area (Å²) in [7, 11) is 5.02. The first-order valence-corrected chi connectivity index (χ1v) is 11.3. The molecule has 0 aliphatic rings. The van der Waals surface area contributed by atoms with Crippen LogP contribution in [0.25, 0.3) is 0 Å². The van der Waals surface area contributed by atoms with Crippen molar-refractivity contribution in [2.24, 2.45) is 0 Å². The van der Waals surface area contributed by atoms with Crippen LogP contribution in [0.1, 0.15) is 50.9 Å². The number of carbonyl (C=O) groups excluding carboxylic acids is 1. The van der Waals surface area contributed by atoms with E-state index in [1.54, 1.807) is 19.2 Å². The Labute approximate surface area is 205 Å². The first kappa shape index (κ1) is 28.2. The number of rotatable bonds is 12. The fraction of sp³-hybridized carbons (Fsp3) is 0.458. The molecule has 6 nitrogen and oxygen atoms in total. The summed E-state index contributed by atoms with van der Waals surface area (Å²) in [6, 6.07) is 8.94. The topological polar surface area (TPSA) is 63.2 Å². The SMILES string of the molecule is CCC(C)Oc1ccc([P-]C(=O)c2c(OC)cc(OC)cc2OC)c(OC(C)CC)c1.[Li+]. The van der Waals surface area contributed by atoms with Crippen molar-refractivity contribution in [3.63, 3.8) is 0 Å². The van der Waals surface area contributed by atoms with Crippen LogP contribution in [0.3, 0.4) is 0 Å². The van der Waals surface area contributed by atoms with E-state index < -0.39 is 0 Å². The minimum Gasteiger partial charge on any atom is -0.496 e. The molecule has 32 heavy (non-hydrogen) atoms. The maximum absolute atomic E-state index is 13.3. The van der Waals surface area contributed by atoms with Crippen LogP contribution in [0, 0.1) is 0 Å². The molecule has 2 aromatic rings. The monoisotopic (exact) mass is 454 g/mol. The molecule has 0 spiro atoms. The van der Waals surface area contributed by atoms with Crippen LogP contribution in [0.15, 0.2) is 30.3 Å². The minimum absolute atomic E-state index is 0. The van der Waals surface area contributed by atoms with Gasteiger partial charge >= 0.3 is 18.9 Å². The fourth-order valence-electron chi connectivity index (χ4n) is 2.75. The van der Waals surface area contributed by atoms with E-state index in [2.05, 4.69) is 13.8 Å². The van der Waals surface area contributed by atoms with E-state index in [1.165, 1.54) is 14.2 Å². The van der Waals surface area contributed by atoms with Gasteiger partial charge in [0, 0.05) is 23.7 Å². The Kier molecular flexibility index (Phi) is 12.0. The van der Waals surface area contributed by atoms with Gasteiger partial charge < -0.3 is 37.1 Å². The van der Waals surface area contributed by atoms with Crippen LogP contribution in [0.2, 0.25) is 0 Å². The van der Waals surface area contributed by atoms with Gasteiger partial charge in [-0.2, -0.15) is 5.30 Å². The molecule has 2 unspecified atom stereocenters. The molecule has 2 aromatic carbocycles. The summed E-state index contributed by atoms with van der Waals surface area (Å²) in [6.45, 7) is 8.15. The van der Waals surface area contributed by atoms with Crippen LogP contribution in [0.4, 0.5) is 0 Å². The molecule has 170 valence electrons. The molecule has 0 bridgehead atoms. The average molecular weight is 454 g/mol. The zero-order chi connectivity index (χ0) is 23.0. The van der Waals surface area contributed by atoms with E-state index >= 15 is 0 Å². The Hall–Kier alpha value is -1.86. The van der Waals surface area contributed by atoms with Crippen molar-refractivity contribution in [3.8, 4) is 28.7 Å². The summed E-state index contributed by atoms with van der Waals surface area (Å²) in [4.78, 5) is 13.3. The number of ether oxygens (including phenoxy) is 5. The average Bonchev–Trinajstić information content (AvgIpc) is 2.79. The Morgan fingerprint density at radius 3 is 1.84 bits per heavy atom. The largest absolute Gasteiger partial charge is 1.00 e. The van der Waals surface area contributed by atoms with Gasteiger partial charge in [0.15, 0.2) is 0 Å². The number of carbonyl (C=O) groups is 1. The van der Waals surface area contributed by atoms with Gasteiger partial charge in [0.05, 0.1) is 44.9 Å². The normalized spacial score (nSPS) is 12.6. The molecular weight excluding hydrogens is 422 g/mol. The van der Waals surface area contributed by atoms with Gasteiger partial charge in [-0.1, -0.05) is 19.9 Å². The van der Waals surface area contributed by atoms with Crippen LogP contribution in [-0.4, -0.2) is 39.1 Å². The van der Waals surface area contributed by atoms with Crippen molar-refractivity contribution in [3.05, 3.63) is 35.9 Å². The maximum Gasteiger partial charge on any atom is 1.00 e. The smallest absolute Gasteiger partial charge is 0.496 e. The first-order chi connectivity index (χ1) is 14.9. The summed E-state index contributed by atoms with van der Waals surface area (Å²) in [5.41, 5.74) is 0.197. The molecule has 0 aromatic heterocycles. The van der Waals surface area contributed by atoms with Crippen molar-refractivity contribution in [1.82, 2.24) is 0 Å². The van der Waals surface area contributed by atoms with Crippen molar-refractivity contribution in [1.29, 1.82) is 0 Å². The third-order valence-electron chi connectivity index (χ3n) is 4.90. The number of hydrogen-bond acceptors (Lipinski definition) is 6. The van der Waals surface area contributed by atoms with Crippen LogP contribution >= 0.6 is 8.58 Å². The van der Waals surface area contributed by atoms with Crippen molar-refractivity contribution < 1.29 is 47.3 Å². The number of hydrogen-bond donors (Lipinski definition) is 0. The molecule has 2 atom stereocenters. The predicted octanol–water partition coefficient (Wildman–Crippen LogP) is 2.48. The molecule has 0 fully saturated rings. The second kappa shape index (κ2) is 13.6. The van der Waals surface area contributed by atoms with Crippen molar-refractivity contribution in [2.75, 3.05) is 21.3 Å². The fourth-order valence-corrected chi connectivity index (χ4v) is 3.68. The van der Waals surface area contributed by atoms with Crippen LogP contribution < -0.4 is 47.8 Å². The van der Waals surface area contributed by atoms with Crippen molar-refractivity contribution in [2.45, 2.75) is 52.7 Å². The molecule has 0 amide bonds. The molecule has 0 aliphatic carbocycles. The standard InChI is InChI=1S/C24H32O6P.Li/c1-8-15(3)29-17-10-11-22(19(12-17)30-16(4)9-2)31-24(25)23-20(27-6)13-18(26-5)14-21(23)28-7;/h10-16H,8-9H2,1-7H3;/q-1;+1. The summed E-state index contributed by atoms with van der Waals surface area (Å²) >= 11 is 0. The third-order valence-corrected chi connectivity index (χ3v) is 5.93. The Balaban J connectivity index is 0.00000512. The zero-order valence-corrected chi connectivity index (χ0v) is 21.2. The van der Waals surface area contributed by atoms with Gasteiger partial charge in [0.2, 0.25) is 0 Å². The summed E-state index contributed by atoms with van der Waals surface area (Å²) in [5.74, 6) is 2.70. The molecule has 0 N–H and O–H groups in total. The van der Waals surface area contributed by atoms with Crippen molar-refractivity contribution >= 4 is 19.4 Å².